The molecule has 0 radical (unpaired) electrons. The van der Waals surface area contributed by atoms with Crippen LogP contribution >= 0.6 is 0 Å². The Hall–Kier alpha value is -3.23. The van der Waals surface area contributed by atoms with Gasteiger partial charge in [-0.25, -0.2) is 8.91 Å². The smallest absolute Gasteiger partial charge is 0.306 e. The molecule has 0 saturated heterocycles. The van der Waals surface area contributed by atoms with Gasteiger partial charge in [0.25, 0.3) is 5.56 Å². The van der Waals surface area contributed by atoms with Crippen LogP contribution in [0.25, 0.3) is 27.8 Å². The Balaban J connectivity index is 1.98. The number of H-pyrrole nitrogens is 1. The Morgan fingerprint density at radius 2 is 1.92 bits per heavy atom. The van der Waals surface area contributed by atoms with Gasteiger partial charge in [0.1, 0.15) is 22.5 Å². The van der Waals surface area contributed by atoms with Crippen LogP contribution in [0.5, 0.6) is 0 Å². The highest BCUT2D eigenvalue weighted by Gasteiger charge is 2.32. The number of fused-ring (bicyclic) bond motifs is 3. The van der Waals surface area contributed by atoms with E-state index < -0.39 is 23.2 Å². The van der Waals surface area contributed by atoms with Crippen LogP contribution < -0.4 is 5.56 Å². The monoisotopic (exact) mass is 348 g/mol. The van der Waals surface area contributed by atoms with Crippen LogP contribution in [-0.4, -0.2) is 19.6 Å². The fraction of sp³-hybridized carbons (Fsp3) is 0.0625. The van der Waals surface area contributed by atoms with E-state index >= 15 is 0 Å². The zero-order chi connectivity index (χ0) is 17.8. The largest absolute Gasteiger partial charge is 0.433 e. The molecule has 3 heterocycles. The molecule has 1 aromatic carbocycles. The number of aromatic nitrogens is 4. The predicted molar refractivity (Wildman–Crippen MR) is 81.5 cm³/mol. The number of rotatable bonds is 1. The molecule has 0 amide bonds. The molecule has 3 aromatic heterocycles. The van der Waals surface area contributed by atoms with Gasteiger partial charge in [-0.2, -0.15) is 18.3 Å². The Labute approximate surface area is 136 Å². The third kappa shape index (κ3) is 2.44. The van der Waals surface area contributed by atoms with Crippen molar-refractivity contribution in [1.82, 2.24) is 19.6 Å². The van der Waals surface area contributed by atoms with Crippen molar-refractivity contribution in [2.24, 2.45) is 0 Å². The van der Waals surface area contributed by atoms with Crippen LogP contribution in [0.2, 0.25) is 0 Å². The van der Waals surface area contributed by atoms with Crippen LogP contribution in [0.1, 0.15) is 5.69 Å². The number of nitrogens with one attached hydrogen (secondary N) is 1. The molecule has 5 nitrogen and oxygen atoms in total. The first-order valence-electron chi connectivity index (χ1n) is 7.08. The highest BCUT2D eigenvalue weighted by atomic mass is 19.4. The Morgan fingerprint density at radius 1 is 1.12 bits per heavy atom. The number of hydrogen-bond donors (Lipinski definition) is 1. The molecule has 0 bridgehead atoms. The van der Waals surface area contributed by atoms with E-state index in [1.54, 1.807) is 0 Å². The van der Waals surface area contributed by atoms with Crippen LogP contribution in [0.4, 0.5) is 17.6 Å². The molecule has 4 rings (SSSR count). The summed E-state index contributed by atoms with van der Waals surface area (Å²) in [7, 11) is 0. The minimum atomic E-state index is -4.58. The van der Waals surface area contributed by atoms with Crippen LogP contribution in [-0.2, 0) is 6.18 Å². The molecule has 0 aliphatic heterocycles. The van der Waals surface area contributed by atoms with Crippen molar-refractivity contribution in [1.29, 1.82) is 0 Å². The van der Waals surface area contributed by atoms with E-state index in [-0.39, 0.29) is 27.8 Å². The van der Waals surface area contributed by atoms with Crippen molar-refractivity contribution in [3.05, 3.63) is 64.5 Å². The van der Waals surface area contributed by atoms with Crippen molar-refractivity contribution >= 4 is 16.6 Å². The van der Waals surface area contributed by atoms with Crippen molar-refractivity contribution in [3.8, 4) is 11.3 Å². The summed E-state index contributed by atoms with van der Waals surface area (Å²) in [6, 6.07) is 7.73. The standard InChI is InChI=1S/C16H8F4N4O/c17-9-2-1-3-11-14(9)15(25)22-13-7-10(23-24(11)13)8-4-5-21-12(6-8)16(18,19)20/h1-7H,(H,22,25). The fourth-order valence-electron chi connectivity index (χ4n) is 2.63. The summed E-state index contributed by atoms with van der Waals surface area (Å²) >= 11 is 0. The second-order valence-electron chi connectivity index (χ2n) is 5.34. The van der Waals surface area contributed by atoms with Gasteiger partial charge in [-0.05, 0) is 24.3 Å². The van der Waals surface area contributed by atoms with Crippen molar-refractivity contribution in [2.75, 3.05) is 0 Å². The zero-order valence-corrected chi connectivity index (χ0v) is 12.3. The van der Waals surface area contributed by atoms with E-state index in [0.717, 1.165) is 18.3 Å². The second kappa shape index (κ2) is 5.13. The molecule has 9 heteroatoms. The molecular weight excluding hydrogens is 340 g/mol. The van der Waals surface area contributed by atoms with Gasteiger partial charge >= 0.3 is 6.18 Å². The number of alkyl halides is 3. The minimum Gasteiger partial charge on any atom is -0.306 e. The lowest BCUT2D eigenvalue weighted by atomic mass is 10.1. The minimum absolute atomic E-state index is 0.171. The van der Waals surface area contributed by atoms with Gasteiger partial charge in [-0.15, -0.1) is 0 Å². The normalized spacial score (nSPS) is 12.2. The molecule has 0 spiro atoms. The van der Waals surface area contributed by atoms with Gasteiger partial charge in [-0.3, -0.25) is 9.78 Å². The van der Waals surface area contributed by atoms with Gasteiger partial charge in [-0.1, -0.05) is 6.07 Å². The molecule has 1 N–H and O–H groups in total. The summed E-state index contributed by atoms with van der Waals surface area (Å²) < 4.78 is 53.6. The second-order valence-corrected chi connectivity index (χ2v) is 5.34. The number of aromatic amines is 1. The molecule has 0 fully saturated rings. The fourth-order valence-corrected chi connectivity index (χ4v) is 2.63. The molecule has 4 aromatic rings. The number of benzene rings is 1. The highest BCUT2D eigenvalue weighted by Crippen LogP contribution is 2.30. The van der Waals surface area contributed by atoms with E-state index in [9.17, 15) is 22.4 Å². The maximum Gasteiger partial charge on any atom is 0.433 e. The lowest BCUT2D eigenvalue weighted by Crippen LogP contribution is -2.11. The van der Waals surface area contributed by atoms with Gasteiger partial charge in [0.2, 0.25) is 0 Å². The van der Waals surface area contributed by atoms with E-state index in [0.29, 0.717) is 0 Å². The van der Waals surface area contributed by atoms with Gasteiger partial charge in [0, 0.05) is 17.8 Å². The summed E-state index contributed by atoms with van der Waals surface area (Å²) in [6.07, 6.45) is -3.55. The summed E-state index contributed by atoms with van der Waals surface area (Å²) in [5, 5.41) is 4.03. The average Bonchev–Trinajstić information content (AvgIpc) is 2.98. The SMILES string of the molecule is O=c1[nH]c2cc(-c3ccnc(C(F)(F)F)c3)nn2c2cccc(F)c12. The lowest BCUT2D eigenvalue weighted by Gasteiger charge is -2.06. The molecule has 0 unspecified atom stereocenters. The molecule has 0 saturated carbocycles. The number of nitrogens with zero attached hydrogens (tertiary/aromatic N) is 3. The van der Waals surface area contributed by atoms with Crippen LogP contribution in [0, 0.1) is 5.82 Å². The zero-order valence-electron chi connectivity index (χ0n) is 12.3. The highest BCUT2D eigenvalue weighted by molar-refractivity contribution is 5.81. The first-order chi connectivity index (χ1) is 11.8. The Bertz CT molecular complexity index is 1180. The summed E-state index contributed by atoms with van der Waals surface area (Å²) in [5.74, 6) is -0.707. The summed E-state index contributed by atoms with van der Waals surface area (Å²) in [4.78, 5) is 17.8. The Kier molecular flexibility index (Phi) is 3.14. The van der Waals surface area contributed by atoms with Crippen LogP contribution in [0.3, 0.4) is 0 Å². The van der Waals surface area contributed by atoms with E-state index in [1.165, 1.54) is 28.8 Å². The van der Waals surface area contributed by atoms with Crippen LogP contribution in [0.15, 0.2) is 47.4 Å². The number of halogens is 4. The molecule has 126 valence electrons. The third-order valence-corrected chi connectivity index (χ3v) is 3.74. The molecular formula is C16H8F4N4O. The summed E-state index contributed by atoms with van der Waals surface area (Å²) in [6.45, 7) is 0. The van der Waals surface area contributed by atoms with E-state index in [2.05, 4.69) is 15.1 Å². The molecule has 0 aliphatic carbocycles. The topological polar surface area (TPSA) is 63.0 Å². The number of pyridine rings is 1. The predicted octanol–water partition coefficient (Wildman–Crippen LogP) is 3.40. The molecule has 0 atom stereocenters. The Morgan fingerprint density at radius 3 is 2.68 bits per heavy atom. The van der Waals surface area contributed by atoms with Gasteiger partial charge in [0.15, 0.2) is 0 Å². The first-order valence-corrected chi connectivity index (χ1v) is 7.08. The lowest BCUT2D eigenvalue weighted by molar-refractivity contribution is -0.141. The van der Waals surface area contributed by atoms with Gasteiger partial charge < -0.3 is 4.98 Å². The van der Waals surface area contributed by atoms with E-state index in [1.807, 2.05) is 0 Å². The molecule has 0 aliphatic rings. The maximum absolute atomic E-state index is 13.9. The van der Waals surface area contributed by atoms with Gasteiger partial charge in [0.05, 0.1) is 11.2 Å². The quantitative estimate of drug-likeness (QED) is 0.536. The van der Waals surface area contributed by atoms with E-state index in [4.69, 9.17) is 0 Å². The first kappa shape index (κ1) is 15.3. The maximum atomic E-state index is 13.9. The van der Waals surface area contributed by atoms with Crippen molar-refractivity contribution in [2.45, 2.75) is 6.18 Å². The van der Waals surface area contributed by atoms with Crippen molar-refractivity contribution < 1.29 is 17.6 Å². The average molecular weight is 348 g/mol. The number of hydrogen-bond acceptors (Lipinski definition) is 3. The summed E-state index contributed by atoms with van der Waals surface area (Å²) in [5.41, 5.74) is -0.862. The van der Waals surface area contributed by atoms with Crippen molar-refractivity contribution in [3.63, 3.8) is 0 Å². The molecule has 25 heavy (non-hydrogen) atoms. The third-order valence-electron chi connectivity index (χ3n) is 3.74.